The normalized spacial score (nSPS) is 23.3. The predicted molar refractivity (Wildman–Crippen MR) is 97.8 cm³/mol. The molecule has 2 amide bonds. The molecule has 2 saturated heterocycles. The third kappa shape index (κ3) is 4.06. The molecule has 0 aromatic heterocycles. The summed E-state index contributed by atoms with van der Waals surface area (Å²) in [6, 6.07) is 7.77. The quantitative estimate of drug-likeness (QED) is 0.820. The number of rotatable bonds is 5. The Morgan fingerprint density at radius 2 is 1.88 bits per heavy atom. The molecule has 2 aliphatic rings. The van der Waals surface area contributed by atoms with Crippen molar-refractivity contribution in [2.24, 2.45) is 11.8 Å². The summed E-state index contributed by atoms with van der Waals surface area (Å²) in [6.07, 6.45) is 3.09. The first kappa shape index (κ1) is 18.4. The third-order valence-electron chi connectivity index (χ3n) is 5.45. The van der Waals surface area contributed by atoms with Crippen molar-refractivity contribution in [2.45, 2.75) is 39.0 Å². The molecule has 26 heavy (non-hydrogen) atoms. The lowest BCUT2D eigenvalue weighted by Crippen LogP contribution is -2.45. The number of benzene rings is 1. The summed E-state index contributed by atoms with van der Waals surface area (Å²) < 4.78 is 0. The van der Waals surface area contributed by atoms with Crippen LogP contribution in [0.4, 0.5) is 5.69 Å². The van der Waals surface area contributed by atoms with Crippen LogP contribution in [0.1, 0.15) is 37.7 Å². The molecule has 2 aliphatic heterocycles. The van der Waals surface area contributed by atoms with Crippen molar-refractivity contribution in [3.8, 4) is 0 Å². The minimum absolute atomic E-state index is 0.0929. The summed E-state index contributed by atoms with van der Waals surface area (Å²) in [5.41, 5.74) is 1.97. The van der Waals surface area contributed by atoms with Gasteiger partial charge in [-0.25, -0.2) is 0 Å². The highest BCUT2D eigenvalue weighted by molar-refractivity contribution is 6.09. The molecule has 0 spiro atoms. The van der Waals surface area contributed by atoms with Crippen molar-refractivity contribution in [2.75, 3.05) is 24.5 Å². The lowest BCUT2D eigenvalue weighted by Gasteiger charge is -2.34. The molecule has 6 nitrogen and oxygen atoms in total. The summed E-state index contributed by atoms with van der Waals surface area (Å²) >= 11 is 0. The van der Waals surface area contributed by atoms with E-state index in [9.17, 15) is 14.4 Å². The molecule has 3 rings (SSSR count). The molecule has 1 N–H and O–H groups in total. The molecule has 0 aliphatic carbocycles. The number of carbonyl (C=O) groups excluding carboxylic acids is 2. The van der Waals surface area contributed by atoms with Crippen LogP contribution in [-0.2, 0) is 14.4 Å². The molecule has 2 heterocycles. The van der Waals surface area contributed by atoms with E-state index in [0.717, 1.165) is 24.1 Å². The molecular formula is C20H26N2O4. The van der Waals surface area contributed by atoms with Gasteiger partial charge in [-0.15, -0.1) is 0 Å². The second-order valence-corrected chi connectivity index (χ2v) is 7.39. The molecule has 2 unspecified atom stereocenters. The largest absolute Gasteiger partial charge is 0.481 e. The number of aryl methyl sites for hydroxylation is 1. The maximum absolute atomic E-state index is 12.9. The molecule has 0 saturated carbocycles. The van der Waals surface area contributed by atoms with Gasteiger partial charge in [-0.2, -0.15) is 0 Å². The topological polar surface area (TPSA) is 77.9 Å². The zero-order chi connectivity index (χ0) is 18.7. The highest BCUT2D eigenvalue weighted by atomic mass is 16.4. The highest BCUT2D eigenvalue weighted by Gasteiger charge is 2.40. The number of anilines is 1. The Morgan fingerprint density at radius 1 is 1.15 bits per heavy atom. The van der Waals surface area contributed by atoms with Crippen LogP contribution < -0.4 is 4.90 Å². The number of carboxylic acid groups (broad SMARTS) is 1. The van der Waals surface area contributed by atoms with Gasteiger partial charge in [0.15, 0.2) is 0 Å². The van der Waals surface area contributed by atoms with E-state index in [1.54, 1.807) is 9.80 Å². The van der Waals surface area contributed by atoms with Gasteiger partial charge < -0.3 is 14.9 Å². The Labute approximate surface area is 153 Å². The van der Waals surface area contributed by atoms with Crippen LogP contribution in [0.15, 0.2) is 24.3 Å². The van der Waals surface area contributed by atoms with Gasteiger partial charge in [-0.3, -0.25) is 14.4 Å². The van der Waals surface area contributed by atoms with Gasteiger partial charge in [0.2, 0.25) is 11.8 Å². The monoisotopic (exact) mass is 358 g/mol. The minimum atomic E-state index is -0.798. The number of likely N-dealkylation sites (tertiary alicyclic amines) is 1. The highest BCUT2D eigenvalue weighted by Crippen LogP contribution is 2.29. The van der Waals surface area contributed by atoms with E-state index in [-0.39, 0.29) is 24.2 Å². The Kier molecular flexibility index (Phi) is 5.59. The van der Waals surface area contributed by atoms with E-state index in [0.29, 0.717) is 32.5 Å². The van der Waals surface area contributed by atoms with Gasteiger partial charge in [0.05, 0.1) is 0 Å². The van der Waals surface area contributed by atoms with Crippen molar-refractivity contribution < 1.29 is 19.5 Å². The Morgan fingerprint density at radius 3 is 2.58 bits per heavy atom. The van der Waals surface area contributed by atoms with E-state index in [1.165, 1.54) is 0 Å². The molecule has 1 aromatic rings. The molecule has 140 valence electrons. The number of piperidine rings is 1. The first-order chi connectivity index (χ1) is 12.5. The summed E-state index contributed by atoms with van der Waals surface area (Å²) in [5, 5.41) is 8.85. The van der Waals surface area contributed by atoms with Gasteiger partial charge in [-0.1, -0.05) is 17.7 Å². The van der Waals surface area contributed by atoms with Gasteiger partial charge in [-0.05, 0) is 50.7 Å². The maximum atomic E-state index is 12.9. The zero-order valence-corrected chi connectivity index (χ0v) is 15.2. The number of amides is 2. The van der Waals surface area contributed by atoms with Crippen LogP contribution in [0, 0.1) is 18.8 Å². The van der Waals surface area contributed by atoms with Crippen molar-refractivity contribution in [1.29, 1.82) is 0 Å². The first-order valence-corrected chi connectivity index (χ1v) is 9.34. The number of carbonyl (C=O) groups is 3. The fourth-order valence-corrected chi connectivity index (χ4v) is 3.94. The lowest BCUT2D eigenvalue weighted by atomic mass is 9.92. The van der Waals surface area contributed by atoms with Gasteiger partial charge in [0.25, 0.3) is 0 Å². The Bertz CT molecular complexity index is 686. The number of nitrogens with zero attached hydrogens (tertiary/aromatic N) is 2. The molecule has 2 fully saturated rings. The number of hydrogen-bond acceptors (Lipinski definition) is 3. The van der Waals surface area contributed by atoms with E-state index in [1.807, 2.05) is 31.2 Å². The maximum Gasteiger partial charge on any atom is 0.303 e. The lowest BCUT2D eigenvalue weighted by molar-refractivity contribution is -0.141. The molecule has 1 aromatic carbocycles. The Balaban J connectivity index is 1.62. The van der Waals surface area contributed by atoms with Crippen LogP contribution in [0.2, 0.25) is 0 Å². The van der Waals surface area contributed by atoms with Crippen LogP contribution in [-0.4, -0.2) is 47.4 Å². The molecule has 6 heteroatoms. The summed E-state index contributed by atoms with van der Waals surface area (Å²) in [4.78, 5) is 39.9. The second kappa shape index (κ2) is 7.89. The third-order valence-corrected chi connectivity index (χ3v) is 5.45. The van der Waals surface area contributed by atoms with Crippen LogP contribution in [0.3, 0.4) is 0 Å². The van der Waals surface area contributed by atoms with E-state index in [4.69, 9.17) is 5.11 Å². The van der Waals surface area contributed by atoms with E-state index in [2.05, 4.69) is 0 Å². The smallest absolute Gasteiger partial charge is 0.303 e. The summed E-state index contributed by atoms with van der Waals surface area (Å²) in [5.74, 6) is -1.40. The molecule has 0 bridgehead atoms. The molecule has 2 atom stereocenters. The van der Waals surface area contributed by atoms with E-state index >= 15 is 0 Å². The number of carboxylic acids is 1. The molecule has 0 radical (unpaired) electrons. The van der Waals surface area contributed by atoms with Crippen LogP contribution in [0.5, 0.6) is 0 Å². The number of aliphatic carboxylic acids is 1. The van der Waals surface area contributed by atoms with Gasteiger partial charge >= 0.3 is 5.97 Å². The van der Waals surface area contributed by atoms with Crippen molar-refractivity contribution in [3.05, 3.63) is 29.8 Å². The second-order valence-electron chi connectivity index (χ2n) is 7.39. The fourth-order valence-electron chi connectivity index (χ4n) is 3.94. The minimum Gasteiger partial charge on any atom is -0.481 e. The standard InChI is InChI=1S/C20H26N2O4/c1-14-4-7-16(8-5-14)22-12-10-17(20(22)26)19(25)21-11-2-3-15(13-21)6-9-18(23)24/h4-5,7-8,15,17H,2-3,6,9-13H2,1H3,(H,23,24). The van der Waals surface area contributed by atoms with E-state index < -0.39 is 11.9 Å². The van der Waals surface area contributed by atoms with Crippen molar-refractivity contribution in [1.82, 2.24) is 4.90 Å². The van der Waals surface area contributed by atoms with Gasteiger partial charge in [0, 0.05) is 31.7 Å². The zero-order valence-electron chi connectivity index (χ0n) is 15.2. The number of hydrogen-bond donors (Lipinski definition) is 1. The average Bonchev–Trinajstić information content (AvgIpc) is 3.02. The SMILES string of the molecule is Cc1ccc(N2CCC(C(=O)N3CCCC(CCC(=O)O)C3)C2=O)cc1. The van der Waals surface area contributed by atoms with Crippen molar-refractivity contribution in [3.63, 3.8) is 0 Å². The first-order valence-electron chi connectivity index (χ1n) is 9.34. The molecular weight excluding hydrogens is 332 g/mol. The van der Waals surface area contributed by atoms with Crippen LogP contribution >= 0.6 is 0 Å². The predicted octanol–water partition coefficient (Wildman–Crippen LogP) is 2.45. The van der Waals surface area contributed by atoms with Crippen LogP contribution in [0.25, 0.3) is 0 Å². The summed E-state index contributed by atoms with van der Waals surface area (Å²) in [7, 11) is 0. The summed E-state index contributed by atoms with van der Waals surface area (Å²) in [6.45, 7) is 3.80. The average molecular weight is 358 g/mol. The fraction of sp³-hybridized carbons (Fsp3) is 0.550. The Hall–Kier alpha value is -2.37. The van der Waals surface area contributed by atoms with Crippen molar-refractivity contribution >= 4 is 23.5 Å². The van der Waals surface area contributed by atoms with Gasteiger partial charge in [0.1, 0.15) is 5.92 Å².